The zero-order valence-electron chi connectivity index (χ0n) is 6.15. The Balaban J connectivity index is 0. The molecule has 2 N–H and O–H groups in total. The molecular weight excluding hydrogens is 178 g/mol. The van der Waals surface area contributed by atoms with Gasteiger partial charge in [0.15, 0.2) is 0 Å². The second kappa shape index (κ2) is 6.27. The maximum absolute atomic E-state index is 10.4. The van der Waals surface area contributed by atoms with Gasteiger partial charge in [-0.15, -0.1) is 4.20 Å². The van der Waals surface area contributed by atoms with E-state index in [0.717, 1.165) is 0 Å². The topological polar surface area (TPSA) is 83.8 Å². The Bertz CT molecular complexity index is 144. The van der Waals surface area contributed by atoms with Gasteiger partial charge in [-0.05, 0) is 6.92 Å². The van der Waals surface area contributed by atoms with E-state index in [1.165, 1.54) is 6.92 Å². The van der Waals surface area contributed by atoms with Crippen molar-refractivity contribution in [3.63, 3.8) is 0 Å². The first-order chi connectivity index (χ1) is 4.77. The van der Waals surface area contributed by atoms with Gasteiger partial charge in [0.05, 0.1) is 6.61 Å². The average Bonchev–Trinajstić information content (AvgIpc) is 1.58. The Morgan fingerprint density at radius 1 is 1.64 bits per heavy atom. The summed E-state index contributed by atoms with van der Waals surface area (Å²) in [6.07, 6.45) is 0. The highest BCUT2D eigenvalue weighted by atomic mass is 31.2. The Labute approximate surface area is 63.5 Å². The number of esters is 1. The van der Waals surface area contributed by atoms with Gasteiger partial charge in [0.2, 0.25) is 0 Å². The lowest BCUT2D eigenvalue weighted by Crippen LogP contribution is -1.95. The number of halogens is 1. The normalized spacial score (nSPS) is 9.55. The standard InChI is InChI=1S/C4H8O2.FH2O3P/c1-3-6-4(2)5;1-5(2,3)4/h3H2,1-2H3;(H2,2,3,4). The third-order valence-electron chi connectivity index (χ3n) is 0.348. The Morgan fingerprint density at radius 3 is 1.91 bits per heavy atom. The first kappa shape index (κ1) is 13.2. The predicted octanol–water partition coefficient (Wildman–Crippen LogP) is 0.618. The number of carbonyl (C=O) groups is 1. The van der Waals surface area contributed by atoms with Crippen LogP contribution in [0.25, 0.3) is 0 Å². The minimum atomic E-state index is -5.14. The molecule has 68 valence electrons. The van der Waals surface area contributed by atoms with Crippen LogP contribution >= 0.6 is 7.91 Å². The van der Waals surface area contributed by atoms with E-state index in [1.807, 2.05) is 0 Å². The molecule has 0 aromatic heterocycles. The van der Waals surface area contributed by atoms with E-state index in [9.17, 15) is 8.99 Å². The van der Waals surface area contributed by atoms with Crippen molar-refractivity contribution >= 4 is 13.9 Å². The summed E-state index contributed by atoms with van der Waals surface area (Å²) < 4.78 is 23.4. The summed E-state index contributed by atoms with van der Waals surface area (Å²) in [6, 6.07) is 0. The highest BCUT2D eigenvalue weighted by Crippen LogP contribution is 2.34. The van der Waals surface area contributed by atoms with Crippen LogP contribution in [0.4, 0.5) is 4.20 Å². The van der Waals surface area contributed by atoms with E-state index in [4.69, 9.17) is 14.4 Å². The summed E-state index contributed by atoms with van der Waals surface area (Å²) in [7, 11) is -5.14. The van der Waals surface area contributed by atoms with Gasteiger partial charge in [-0.1, -0.05) is 0 Å². The van der Waals surface area contributed by atoms with Crippen LogP contribution in [0.3, 0.4) is 0 Å². The number of hydrogen-bond donors (Lipinski definition) is 2. The van der Waals surface area contributed by atoms with E-state index < -0.39 is 7.91 Å². The lowest BCUT2D eigenvalue weighted by atomic mass is 10.8. The second-order valence-corrected chi connectivity index (χ2v) is 2.34. The number of hydrogen-bond acceptors (Lipinski definition) is 3. The lowest BCUT2D eigenvalue weighted by molar-refractivity contribution is -0.140. The largest absolute Gasteiger partial charge is 0.507 e. The van der Waals surface area contributed by atoms with E-state index in [0.29, 0.717) is 6.61 Å². The zero-order valence-corrected chi connectivity index (χ0v) is 7.05. The summed E-state index contributed by atoms with van der Waals surface area (Å²) in [6.45, 7) is 3.65. The Hall–Kier alpha value is -0.450. The minimum absolute atomic E-state index is 0.211. The summed E-state index contributed by atoms with van der Waals surface area (Å²) in [4.78, 5) is 23.8. The van der Waals surface area contributed by atoms with Crippen LogP contribution in [0, 0.1) is 0 Å². The van der Waals surface area contributed by atoms with Crippen molar-refractivity contribution < 1.29 is 28.1 Å². The summed E-state index contributed by atoms with van der Waals surface area (Å²) in [5, 5.41) is 0. The van der Waals surface area contributed by atoms with Crippen molar-refractivity contribution in [1.29, 1.82) is 0 Å². The summed E-state index contributed by atoms with van der Waals surface area (Å²) >= 11 is 0. The molecule has 0 rings (SSSR count). The third-order valence-corrected chi connectivity index (χ3v) is 0.348. The molecule has 0 aromatic carbocycles. The first-order valence-corrected chi connectivity index (χ1v) is 4.16. The van der Waals surface area contributed by atoms with Crippen molar-refractivity contribution in [1.82, 2.24) is 0 Å². The van der Waals surface area contributed by atoms with E-state index in [1.54, 1.807) is 6.92 Å². The molecule has 0 heterocycles. The van der Waals surface area contributed by atoms with Crippen LogP contribution in [-0.4, -0.2) is 22.4 Å². The molecule has 0 amide bonds. The van der Waals surface area contributed by atoms with Gasteiger partial charge in [-0.3, -0.25) is 14.6 Å². The Kier molecular flexibility index (Phi) is 7.51. The molecule has 0 atom stereocenters. The fraction of sp³-hybridized carbons (Fsp3) is 0.750. The maximum atomic E-state index is 10.4. The first-order valence-electron chi connectivity index (χ1n) is 2.66. The Morgan fingerprint density at radius 2 is 1.91 bits per heavy atom. The minimum Gasteiger partial charge on any atom is -0.466 e. The average molecular weight is 188 g/mol. The molecular formula is C4H10FO5P. The van der Waals surface area contributed by atoms with Gasteiger partial charge in [0.1, 0.15) is 0 Å². The van der Waals surface area contributed by atoms with Crippen molar-refractivity contribution in [2.24, 2.45) is 0 Å². The van der Waals surface area contributed by atoms with Crippen LogP contribution < -0.4 is 0 Å². The van der Waals surface area contributed by atoms with Crippen molar-refractivity contribution in [3.05, 3.63) is 0 Å². The van der Waals surface area contributed by atoms with Crippen LogP contribution in [-0.2, 0) is 14.1 Å². The molecule has 0 aromatic rings. The fourth-order valence-electron chi connectivity index (χ4n) is 0.203. The van der Waals surface area contributed by atoms with Crippen molar-refractivity contribution in [3.8, 4) is 0 Å². The van der Waals surface area contributed by atoms with E-state index in [2.05, 4.69) is 4.74 Å². The van der Waals surface area contributed by atoms with Crippen LogP contribution in [0.5, 0.6) is 0 Å². The molecule has 0 aliphatic carbocycles. The zero-order chi connectivity index (χ0) is 9.49. The molecule has 0 saturated heterocycles. The molecule has 0 saturated carbocycles. The van der Waals surface area contributed by atoms with E-state index >= 15 is 0 Å². The summed E-state index contributed by atoms with van der Waals surface area (Å²) in [5.74, 6) is -0.211. The van der Waals surface area contributed by atoms with Crippen molar-refractivity contribution in [2.45, 2.75) is 13.8 Å². The molecule has 0 radical (unpaired) electrons. The molecule has 0 fully saturated rings. The smallest absolute Gasteiger partial charge is 0.466 e. The van der Waals surface area contributed by atoms with Gasteiger partial charge in [-0.25, -0.2) is 4.57 Å². The van der Waals surface area contributed by atoms with Gasteiger partial charge in [0.25, 0.3) is 0 Å². The molecule has 0 aliphatic heterocycles. The monoisotopic (exact) mass is 188 g/mol. The lowest BCUT2D eigenvalue weighted by Gasteiger charge is -1.89. The van der Waals surface area contributed by atoms with Gasteiger partial charge < -0.3 is 4.74 Å². The van der Waals surface area contributed by atoms with Gasteiger partial charge in [0, 0.05) is 6.92 Å². The molecule has 7 heteroatoms. The third kappa shape index (κ3) is 83.7. The molecule has 11 heavy (non-hydrogen) atoms. The predicted molar refractivity (Wildman–Crippen MR) is 35.5 cm³/mol. The second-order valence-electron chi connectivity index (χ2n) is 1.40. The SMILES string of the molecule is CCOC(C)=O.O=P(O)(O)F. The molecule has 0 spiro atoms. The highest BCUT2D eigenvalue weighted by Gasteiger charge is 2.04. The van der Waals surface area contributed by atoms with E-state index in [-0.39, 0.29) is 5.97 Å². The van der Waals surface area contributed by atoms with Crippen LogP contribution in [0.15, 0.2) is 0 Å². The van der Waals surface area contributed by atoms with Crippen LogP contribution in [0.1, 0.15) is 13.8 Å². The highest BCUT2D eigenvalue weighted by molar-refractivity contribution is 7.45. The number of ether oxygens (including phenoxy) is 1. The summed E-state index contributed by atoms with van der Waals surface area (Å²) in [5.41, 5.74) is 0. The van der Waals surface area contributed by atoms with Gasteiger partial charge >= 0.3 is 13.9 Å². The van der Waals surface area contributed by atoms with Crippen LogP contribution in [0.2, 0.25) is 0 Å². The number of rotatable bonds is 1. The number of carbonyl (C=O) groups excluding carboxylic acids is 1. The van der Waals surface area contributed by atoms with Crippen molar-refractivity contribution in [2.75, 3.05) is 6.61 Å². The molecule has 0 unspecified atom stereocenters. The molecule has 5 nitrogen and oxygen atoms in total. The molecule has 0 bridgehead atoms. The maximum Gasteiger partial charge on any atom is 0.507 e. The fourth-order valence-corrected chi connectivity index (χ4v) is 0.203. The quantitative estimate of drug-likeness (QED) is 0.465. The molecule has 0 aliphatic rings. The van der Waals surface area contributed by atoms with Gasteiger partial charge in [-0.2, -0.15) is 0 Å².